The number of rotatable bonds is 5. The standard InChI is InChI=1S/C36H34F2N6O2/c1-5-25-28(37)7-6-22-10-24(45)11-26(29(22)25)31-30(38)32-27(14-39-31)33(43-17-23-8-9-35(4,18-43)42-23)41-34(40-32)46-19-36-12-20(2)15-44(36)16-21(3)13-36/h1,6-7,10-11,14,23,42,45H,2-3,8-9,12-13,15-19H2,4H3/i4D3. The summed E-state index contributed by atoms with van der Waals surface area (Å²) in [4.78, 5) is 18.0. The number of piperazine rings is 1. The third-order valence-corrected chi connectivity index (χ3v) is 9.82. The number of hydrogen-bond donors (Lipinski definition) is 2. The van der Waals surface area contributed by atoms with Crippen molar-refractivity contribution in [1.82, 2.24) is 25.2 Å². The zero-order valence-corrected chi connectivity index (χ0v) is 25.2. The van der Waals surface area contributed by atoms with E-state index in [1.165, 1.54) is 30.5 Å². The summed E-state index contributed by atoms with van der Waals surface area (Å²) < 4.78 is 63.2. The molecule has 4 saturated heterocycles. The number of aromatic nitrogens is 3. The number of benzene rings is 2. The Morgan fingerprint density at radius 1 is 1.22 bits per heavy atom. The van der Waals surface area contributed by atoms with Crippen molar-refractivity contribution >= 4 is 27.5 Å². The first-order valence-electron chi connectivity index (χ1n) is 16.8. The Labute approximate surface area is 270 Å². The molecule has 2 aromatic heterocycles. The van der Waals surface area contributed by atoms with Crippen molar-refractivity contribution in [1.29, 1.82) is 0 Å². The van der Waals surface area contributed by atoms with Crippen molar-refractivity contribution in [2.45, 2.75) is 49.7 Å². The van der Waals surface area contributed by atoms with Gasteiger partial charge in [-0.3, -0.25) is 9.88 Å². The minimum Gasteiger partial charge on any atom is -0.508 e. The molecule has 6 heterocycles. The Morgan fingerprint density at radius 2 is 2.02 bits per heavy atom. The molecule has 2 N–H and O–H groups in total. The van der Waals surface area contributed by atoms with Gasteiger partial charge >= 0.3 is 6.01 Å². The maximum atomic E-state index is 17.0. The maximum Gasteiger partial charge on any atom is 0.319 e. The number of hydrogen-bond acceptors (Lipinski definition) is 8. The largest absolute Gasteiger partial charge is 0.508 e. The molecule has 2 atom stereocenters. The van der Waals surface area contributed by atoms with Gasteiger partial charge in [-0.05, 0) is 56.1 Å². The summed E-state index contributed by atoms with van der Waals surface area (Å²) >= 11 is 0. The highest BCUT2D eigenvalue weighted by Gasteiger charge is 2.48. The smallest absolute Gasteiger partial charge is 0.319 e. The average molecular weight is 624 g/mol. The SMILES string of the molecule is [2H]C([2H])([2H])C12CCC(CN(c3nc(OCC45CC(=C)CN4CC(=C)C5)nc4c(F)c(-c5cc(O)cc6ccc(F)c(C#C)c56)ncc34)C1)N2. The Bertz CT molecular complexity index is 2130. The summed E-state index contributed by atoms with van der Waals surface area (Å²) in [5.41, 5.74) is 0.330. The highest BCUT2D eigenvalue weighted by molar-refractivity contribution is 6.03. The van der Waals surface area contributed by atoms with Gasteiger partial charge in [0, 0.05) is 59.0 Å². The van der Waals surface area contributed by atoms with Crippen LogP contribution in [0.15, 0.2) is 54.8 Å². The predicted octanol–water partition coefficient (Wildman–Crippen LogP) is 5.48. The number of fused-ring (bicyclic) bond motifs is 5. The normalized spacial score (nSPS) is 25.0. The maximum absolute atomic E-state index is 17.0. The first-order chi connectivity index (χ1) is 23.3. The summed E-state index contributed by atoms with van der Waals surface area (Å²) in [6.07, 6.45) is 9.67. The van der Waals surface area contributed by atoms with Gasteiger partial charge in [0.1, 0.15) is 35.2 Å². The van der Waals surface area contributed by atoms with Crippen LogP contribution >= 0.6 is 0 Å². The van der Waals surface area contributed by atoms with Gasteiger partial charge in [-0.15, -0.1) is 6.42 Å². The van der Waals surface area contributed by atoms with E-state index in [4.69, 9.17) is 20.3 Å². The molecule has 0 spiro atoms. The van der Waals surface area contributed by atoms with Crippen molar-refractivity contribution in [2.75, 3.05) is 37.7 Å². The first kappa shape index (κ1) is 25.6. The van der Waals surface area contributed by atoms with Crippen LogP contribution in [-0.4, -0.2) is 74.9 Å². The molecule has 2 aromatic carbocycles. The van der Waals surface area contributed by atoms with E-state index in [0.29, 0.717) is 43.4 Å². The first-order valence-corrected chi connectivity index (χ1v) is 15.3. The van der Waals surface area contributed by atoms with Crippen LogP contribution in [0, 0.1) is 24.0 Å². The molecule has 2 unspecified atom stereocenters. The lowest BCUT2D eigenvalue weighted by atomic mass is 9.92. The molecule has 0 saturated carbocycles. The molecular formula is C36H34F2N6O2. The summed E-state index contributed by atoms with van der Waals surface area (Å²) in [6, 6.07) is 5.17. The summed E-state index contributed by atoms with van der Waals surface area (Å²) in [5, 5.41) is 14.8. The monoisotopic (exact) mass is 623 g/mol. The molecule has 8 rings (SSSR count). The second-order valence-electron chi connectivity index (χ2n) is 13.2. The lowest BCUT2D eigenvalue weighted by Crippen LogP contribution is -2.58. The van der Waals surface area contributed by atoms with Gasteiger partial charge in [0.05, 0.1) is 16.5 Å². The van der Waals surface area contributed by atoms with Crippen LogP contribution in [0.25, 0.3) is 32.9 Å². The average Bonchev–Trinajstić information content (AvgIpc) is 3.64. The van der Waals surface area contributed by atoms with Gasteiger partial charge in [0.2, 0.25) is 0 Å². The van der Waals surface area contributed by atoms with Crippen LogP contribution in [0.4, 0.5) is 14.6 Å². The molecule has 234 valence electrons. The molecule has 4 aliphatic rings. The van der Waals surface area contributed by atoms with E-state index in [1.807, 2.05) is 4.90 Å². The van der Waals surface area contributed by atoms with Crippen molar-refractivity contribution in [3.05, 3.63) is 72.0 Å². The molecule has 4 fully saturated rings. The molecule has 10 heteroatoms. The van der Waals surface area contributed by atoms with Crippen molar-refractivity contribution < 1.29 is 22.7 Å². The van der Waals surface area contributed by atoms with Crippen molar-refractivity contribution in [3.63, 3.8) is 0 Å². The van der Waals surface area contributed by atoms with E-state index in [0.717, 1.165) is 24.2 Å². The highest BCUT2D eigenvalue weighted by Crippen LogP contribution is 2.44. The zero-order valence-electron chi connectivity index (χ0n) is 28.2. The minimum absolute atomic E-state index is 0.0761. The topological polar surface area (TPSA) is 86.6 Å². The molecule has 0 amide bonds. The van der Waals surface area contributed by atoms with Crippen molar-refractivity contribution in [3.8, 4) is 35.4 Å². The van der Waals surface area contributed by atoms with E-state index in [9.17, 15) is 9.50 Å². The van der Waals surface area contributed by atoms with Gasteiger partial charge in [-0.1, -0.05) is 36.3 Å². The molecule has 4 aromatic rings. The third-order valence-electron chi connectivity index (χ3n) is 9.82. The van der Waals surface area contributed by atoms with Crippen LogP contribution in [0.1, 0.15) is 42.2 Å². The lowest BCUT2D eigenvalue weighted by molar-refractivity contribution is 0.108. The number of phenolic OH excluding ortho intramolecular Hbond substituents is 1. The highest BCUT2D eigenvalue weighted by atomic mass is 19.1. The number of pyridine rings is 1. The molecule has 4 aliphatic heterocycles. The van der Waals surface area contributed by atoms with Gasteiger partial charge in [-0.25, -0.2) is 8.78 Å². The van der Waals surface area contributed by atoms with Gasteiger partial charge in [0.25, 0.3) is 0 Å². The Hall–Kier alpha value is -4.59. The van der Waals surface area contributed by atoms with Crippen LogP contribution < -0.4 is 15.0 Å². The molecule has 8 nitrogen and oxygen atoms in total. The number of ether oxygens (including phenoxy) is 1. The summed E-state index contributed by atoms with van der Waals surface area (Å²) in [6.45, 7) is 8.30. The Kier molecular flexibility index (Phi) is 5.68. The number of nitrogens with zero attached hydrogens (tertiary/aromatic N) is 5. The molecule has 0 radical (unpaired) electrons. The summed E-state index contributed by atoms with van der Waals surface area (Å²) in [7, 11) is 0. The van der Waals surface area contributed by atoms with Gasteiger partial charge < -0.3 is 20.1 Å². The van der Waals surface area contributed by atoms with Crippen molar-refractivity contribution in [2.24, 2.45) is 0 Å². The van der Waals surface area contributed by atoms with E-state index in [-0.39, 0.29) is 69.6 Å². The lowest BCUT2D eigenvalue weighted by Gasteiger charge is -2.40. The summed E-state index contributed by atoms with van der Waals surface area (Å²) in [5.74, 6) is 0.956. The second kappa shape index (κ2) is 10.2. The Balaban J connectivity index is 1.29. The molecule has 2 bridgehead atoms. The van der Waals surface area contributed by atoms with Crippen LogP contribution in [0.3, 0.4) is 0 Å². The Morgan fingerprint density at radius 3 is 2.78 bits per heavy atom. The number of nitrogens with one attached hydrogen (secondary N) is 1. The van der Waals surface area contributed by atoms with E-state index >= 15 is 4.39 Å². The minimum atomic E-state index is -2.29. The van der Waals surface area contributed by atoms with E-state index in [2.05, 4.69) is 39.3 Å². The fourth-order valence-electron chi connectivity index (χ4n) is 7.95. The van der Waals surface area contributed by atoms with Gasteiger partial charge in [0.15, 0.2) is 5.82 Å². The fourth-order valence-corrected chi connectivity index (χ4v) is 7.95. The number of terminal acetylenes is 1. The van der Waals surface area contributed by atoms with Crippen LogP contribution in [0.2, 0.25) is 0 Å². The number of aromatic hydroxyl groups is 1. The second-order valence-corrected chi connectivity index (χ2v) is 13.2. The van der Waals surface area contributed by atoms with Crippen LogP contribution in [-0.2, 0) is 0 Å². The third kappa shape index (κ3) is 4.52. The zero-order chi connectivity index (χ0) is 34.5. The van der Waals surface area contributed by atoms with Crippen LogP contribution in [0.5, 0.6) is 11.8 Å². The van der Waals surface area contributed by atoms with E-state index in [1.54, 1.807) is 0 Å². The van der Waals surface area contributed by atoms with Gasteiger partial charge in [-0.2, -0.15) is 9.97 Å². The molecule has 46 heavy (non-hydrogen) atoms. The molecule has 0 aliphatic carbocycles. The predicted molar refractivity (Wildman–Crippen MR) is 174 cm³/mol. The molecular weight excluding hydrogens is 586 g/mol. The quantitative estimate of drug-likeness (QED) is 0.223. The number of anilines is 1. The van der Waals surface area contributed by atoms with E-state index < -0.39 is 24.0 Å². The number of halogens is 2. The fraction of sp³-hybridized carbons (Fsp3) is 0.361. The number of phenols is 1.